The van der Waals surface area contributed by atoms with Gasteiger partial charge in [0.1, 0.15) is 37.1 Å². The van der Waals surface area contributed by atoms with E-state index in [4.69, 9.17) is 37.4 Å². The zero-order valence-corrected chi connectivity index (χ0v) is 30.0. The first-order valence-electron chi connectivity index (χ1n) is 17.6. The molecule has 1 unspecified atom stereocenters. The van der Waals surface area contributed by atoms with Gasteiger partial charge in [0.25, 0.3) is 0 Å². The molecule has 272 valence electrons. The van der Waals surface area contributed by atoms with Crippen molar-refractivity contribution >= 4 is 34.6 Å². The first-order chi connectivity index (χ1) is 25.3. The number of anilines is 2. The van der Waals surface area contributed by atoms with Gasteiger partial charge in [-0.1, -0.05) is 42.1 Å². The van der Waals surface area contributed by atoms with Gasteiger partial charge in [0.2, 0.25) is 5.79 Å². The minimum atomic E-state index is -1.26. The highest BCUT2D eigenvalue weighted by molar-refractivity contribution is 6.35. The van der Waals surface area contributed by atoms with Crippen LogP contribution in [0.15, 0.2) is 84.2 Å². The standard InChI is InChI=1S/C37H39Cl2FN8O4/c38-27-5-11-32(33(39)19-27)37(24-48-41-13-14-42-48)51-23-31(52-37)22-50-30-10-12-35(34(40)20-30)45-17-15-44(16-18-45)28-6-8-29(9-7-28)46-25-43-47(36(46)49)21-26-3-1-2-4-26/h5-14,19-20,25-26,31H,1-4,15-18,21-24H2/t31?,37-/m0/s1. The van der Waals surface area contributed by atoms with Crippen LogP contribution in [-0.4, -0.2) is 74.8 Å². The van der Waals surface area contributed by atoms with Crippen LogP contribution in [0.2, 0.25) is 10.0 Å². The molecule has 3 aliphatic rings. The van der Waals surface area contributed by atoms with Crippen molar-refractivity contribution in [2.45, 2.75) is 50.7 Å². The summed E-state index contributed by atoms with van der Waals surface area (Å²) in [6, 6.07) is 18.0. The third-order valence-electron chi connectivity index (χ3n) is 10.1. The Kier molecular flexibility index (Phi) is 9.93. The summed E-state index contributed by atoms with van der Waals surface area (Å²) in [6.07, 6.45) is 9.09. The molecule has 1 saturated carbocycles. The molecule has 0 N–H and O–H groups in total. The summed E-state index contributed by atoms with van der Waals surface area (Å²) >= 11 is 12.7. The molecule has 1 aliphatic carbocycles. The molecule has 2 saturated heterocycles. The zero-order valence-electron chi connectivity index (χ0n) is 28.5. The second-order valence-electron chi connectivity index (χ2n) is 13.5. The molecule has 8 rings (SSSR count). The number of piperazine rings is 1. The quantitative estimate of drug-likeness (QED) is 0.163. The maximum absolute atomic E-state index is 15.5. The van der Waals surface area contributed by atoms with Crippen molar-refractivity contribution in [3.8, 4) is 11.4 Å². The fraction of sp³-hybridized carbons (Fsp3) is 0.405. The predicted molar refractivity (Wildman–Crippen MR) is 195 cm³/mol. The van der Waals surface area contributed by atoms with Crippen molar-refractivity contribution in [1.29, 1.82) is 0 Å². The van der Waals surface area contributed by atoms with Crippen LogP contribution < -0.4 is 20.2 Å². The molecule has 0 amide bonds. The molecule has 3 aromatic carbocycles. The topological polar surface area (TPSA) is 105 Å². The van der Waals surface area contributed by atoms with E-state index < -0.39 is 11.9 Å². The normalized spacial score (nSPS) is 20.9. The molecule has 0 radical (unpaired) electrons. The van der Waals surface area contributed by atoms with Crippen molar-refractivity contribution in [2.75, 3.05) is 49.2 Å². The Hall–Kier alpha value is -4.43. The molecule has 5 aromatic rings. The van der Waals surface area contributed by atoms with Crippen molar-refractivity contribution in [3.63, 3.8) is 0 Å². The average molecular weight is 750 g/mol. The Morgan fingerprint density at radius 1 is 0.885 bits per heavy atom. The lowest BCUT2D eigenvalue weighted by atomic mass is 10.1. The smallest absolute Gasteiger partial charge is 0.350 e. The van der Waals surface area contributed by atoms with Gasteiger partial charge in [-0.3, -0.25) is 0 Å². The molecule has 2 aromatic heterocycles. The summed E-state index contributed by atoms with van der Waals surface area (Å²) < 4.78 is 37.3. The van der Waals surface area contributed by atoms with E-state index in [1.807, 2.05) is 29.2 Å². The molecule has 52 heavy (non-hydrogen) atoms. The number of halogens is 3. The number of nitrogens with zero attached hydrogens (tertiary/aromatic N) is 8. The highest BCUT2D eigenvalue weighted by Crippen LogP contribution is 2.40. The lowest BCUT2D eigenvalue weighted by molar-refractivity contribution is -0.192. The molecule has 3 fully saturated rings. The van der Waals surface area contributed by atoms with Gasteiger partial charge >= 0.3 is 5.69 Å². The summed E-state index contributed by atoms with van der Waals surface area (Å²) in [5.41, 5.74) is 2.87. The molecular weight excluding hydrogens is 710 g/mol. The second kappa shape index (κ2) is 14.9. The van der Waals surface area contributed by atoms with Crippen molar-refractivity contribution in [2.24, 2.45) is 5.92 Å². The van der Waals surface area contributed by atoms with E-state index in [9.17, 15) is 4.79 Å². The Labute approximate surface area is 310 Å². The van der Waals surface area contributed by atoms with E-state index >= 15 is 4.39 Å². The van der Waals surface area contributed by atoms with Gasteiger partial charge in [-0.2, -0.15) is 20.1 Å². The molecular formula is C37H39Cl2FN8O4. The molecule has 2 aliphatic heterocycles. The van der Waals surface area contributed by atoms with Crippen LogP contribution in [-0.2, 0) is 28.4 Å². The molecule has 4 heterocycles. The van der Waals surface area contributed by atoms with Crippen LogP contribution in [0, 0.1) is 11.7 Å². The fourth-order valence-corrected chi connectivity index (χ4v) is 7.95. The van der Waals surface area contributed by atoms with Crippen LogP contribution in [0.3, 0.4) is 0 Å². The molecule has 2 atom stereocenters. The van der Waals surface area contributed by atoms with Crippen molar-refractivity contribution < 1.29 is 18.6 Å². The molecule has 0 bridgehead atoms. The fourth-order valence-electron chi connectivity index (χ4n) is 7.40. The average Bonchev–Trinajstić information content (AvgIpc) is 3.99. The zero-order chi connectivity index (χ0) is 35.7. The van der Waals surface area contributed by atoms with Crippen LogP contribution in [0.5, 0.6) is 5.75 Å². The van der Waals surface area contributed by atoms with Gasteiger partial charge < -0.3 is 24.0 Å². The van der Waals surface area contributed by atoms with Crippen LogP contribution in [0.4, 0.5) is 15.8 Å². The van der Waals surface area contributed by atoms with Gasteiger partial charge in [0, 0.05) is 55.1 Å². The molecule has 0 spiro atoms. The Morgan fingerprint density at radius 3 is 2.35 bits per heavy atom. The van der Waals surface area contributed by atoms with E-state index in [1.165, 1.54) is 23.7 Å². The summed E-state index contributed by atoms with van der Waals surface area (Å²) in [5, 5.41) is 13.7. The van der Waals surface area contributed by atoms with Gasteiger partial charge in [0.15, 0.2) is 0 Å². The number of benzene rings is 3. The van der Waals surface area contributed by atoms with E-state index in [1.54, 1.807) is 58.3 Å². The number of rotatable bonds is 11. The predicted octanol–water partition coefficient (Wildman–Crippen LogP) is 5.94. The van der Waals surface area contributed by atoms with Crippen molar-refractivity contribution in [1.82, 2.24) is 29.3 Å². The van der Waals surface area contributed by atoms with Crippen LogP contribution in [0.25, 0.3) is 5.69 Å². The van der Waals surface area contributed by atoms with Crippen LogP contribution >= 0.6 is 23.2 Å². The second-order valence-corrected chi connectivity index (χ2v) is 14.4. The van der Waals surface area contributed by atoms with Gasteiger partial charge in [-0.15, -0.1) is 0 Å². The number of hydrogen-bond acceptors (Lipinski definition) is 9. The Morgan fingerprint density at radius 2 is 1.62 bits per heavy atom. The Bertz CT molecular complexity index is 2050. The van der Waals surface area contributed by atoms with Crippen molar-refractivity contribution in [3.05, 3.63) is 111 Å². The number of ether oxygens (including phenoxy) is 3. The summed E-state index contributed by atoms with van der Waals surface area (Å²) in [5.74, 6) is -0.686. The first kappa shape index (κ1) is 34.6. The van der Waals surface area contributed by atoms with E-state index in [0.29, 0.717) is 52.6 Å². The highest BCUT2D eigenvalue weighted by Gasteiger charge is 2.46. The van der Waals surface area contributed by atoms with E-state index in [0.717, 1.165) is 37.3 Å². The summed E-state index contributed by atoms with van der Waals surface area (Å²) in [7, 11) is 0. The van der Waals surface area contributed by atoms with Crippen LogP contribution in [0.1, 0.15) is 31.2 Å². The summed E-state index contributed by atoms with van der Waals surface area (Å²) in [6.45, 7) is 3.95. The lowest BCUT2D eigenvalue weighted by Crippen LogP contribution is -2.46. The van der Waals surface area contributed by atoms with E-state index in [-0.39, 0.29) is 31.3 Å². The largest absolute Gasteiger partial charge is 0.491 e. The maximum Gasteiger partial charge on any atom is 0.350 e. The highest BCUT2D eigenvalue weighted by atomic mass is 35.5. The number of hydrogen-bond donors (Lipinski definition) is 0. The minimum absolute atomic E-state index is 0.103. The molecule has 12 nitrogen and oxygen atoms in total. The minimum Gasteiger partial charge on any atom is -0.491 e. The first-order valence-corrected chi connectivity index (χ1v) is 18.4. The van der Waals surface area contributed by atoms with E-state index in [2.05, 4.69) is 20.2 Å². The molecule has 15 heteroatoms. The monoisotopic (exact) mass is 748 g/mol. The third-order valence-corrected chi connectivity index (χ3v) is 10.7. The third kappa shape index (κ3) is 7.27. The van der Waals surface area contributed by atoms with Gasteiger partial charge in [0.05, 0.1) is 35.4 Å². The number of aromatic nitrogens is 6. The lowest BCUT2D eigenvalue weighted by Gasteiger charge is -2.37. The van der Waals surface area contributed by atoms with Gasteiger partial charge in [-0.25, -0.2) is 18.4 Å². The summed E-state index contributed by atoms with van der Waals surface area (Å²) in [4.78, 5) is 18.8. The Balaban J connectivity index is 0.856. The maximum atomic E-state index is 15.5. The van der Waals surface area contributed by atoms with Gasteiger partial charge in [-0.05, 0) is 67.3 Å². The SMILES string of the molecule is O=c1n(-c2ccc(N3CCN(c4ccc(OCC5CO[C@](Cn6nccn6)(c6ccc(Cl)cc6Cl)O5)cc4F)CC3)cc2)cnn1CC1CCCC1.